The normalized spacial score (nSPS) is 23.7. The predicted octanol–water partition coefficient (Wildman–Crippen LogP) is 2.53. The van der Waals surface area contributed by atoms with Crippen molar-refractivity contribution in [2.75, 3.05) is 18.1 Å². The molecule has 2 atom stereocenters. The maximum atomic E-state index is 12.8. The molecule has 1 rings (SSSR count). The van der Waals surface area contributed by atoms with Crippen molar-refractivity contribution in [3.8, 4) is 0 Å². The summed E-state index contributed by atoms with van der Waals surface area (Å²) in [6.07, 6.45) is 0.727. The van der Waals surface area contributed by atoms with Crippen LogP contribution in [0.5, 0.6) is 0 Å². The molecule has 0 spiro atoms. The molecule has 2 amide bonds. The van der Waals surface area contributed by atoms with E-state index in [4.69, 9.17) is 0 Å². The summed E-state index contributed by atoms with van der Waals surface area (Å²) in [5.74, 6) is 2.39. The molecule has 1 heterocycles. The van der Waals surface area contributed by atoms with Crippen molar-refractivity contribution in [1.29, 1.82) is 0 Å². The van der Waals surface area contributed by atoms with Gasteiger partial charge >= 0.3 is 0 Å². The van der Waals surface area contributed by atoms with E-state index in [-0.39, 0.29) is 23.3 Å². The van der Waals surface area contributed by atoms with Gasteiger partial charge < -0.3 is 10.2 Å². The predicted molar refractivity (Wildman–Crippen MR) is 89.3 cm³/mol. The molecular weight excluding hydrogens is 284 g/mol. The molecule has 0 bridgehead atoms. The Morgan fingerprint density at radius 2 is 1.90 bits per heavy atom. The molecule has 1 aliphatic rings. The van der Waals surface area contributed by atoms with E-state index in [0.717, 1.165) is 17.9 Å². The monoisotopic (exact) mass is 314 g/mol. The first kappa shape index (κ1) is 18.3. The zero-order valence-corrected chi connectivity index (χ0v) is 15.0. The van der Waals surface area contributed by atoms with Gasteiger partial charge in [-0.2, -0.15) is 11.8 Å². The zero-order valence-electron chi connectivity index (χ0n) is 14.2. The standard InChI is InChI=1S/C16H30N2O2S/c1-7-21-9-8-18-12(10-11(2)3)14(19)17-13(15(18)20)16(4,5)6/h11-13H,7-10H2,1-6H3,(H,17,19). The molecule has 0 aliphatic carbocycles. The van der Waals surface area contributed by atoms with Gasteiger partial charge in [0.15, 0.2) is 0 Å². The quantitative estimate of drug-likeness (QED) is 0.767. The summed E-state index contributed by atoms with van der Waals surface area (Å²) in [5.41, 5.74) is -0.258. The van der Waals surface area contributed by atoms with Crippen LogP contribution in [0.25, 0.3) is 0 Å². The highest BCUT2D eigenvalue weighted by molar-refractivity contribution is 7.99. The van der Waals surface area contributed by atoms with Crippen LogP contribution in [0.2, 0.25) is 0 Å². The molecular formula is C16H30N2O2S. The second-order valence-corrected chi connectivity index (χ2v) is 8.58. The van der Waals surface area contributed by atoms with E-state index >= 15 is 0 Å². The Balaban J connectivity index is 2.93. The number of carbonyl (C=O) groups excluding carboxylic acids is 2. The number of nitrogens with one attached hydrogen (secondary N) is 1. The van der Waals surface area contributed by atoms with E-state index in [1.165, 1.54) is 0 Å². The number of hydrogen-bond acceptors (Lipinski definition) is 3. The molecule has 5 heteroatoms. The highest BCUT2D eigenvalue weighted by Gasteiger charge is 2.44. The zero-order chi connectivity index (χ0) is 16.2. The van der Waals surface area contributed by atoms with Crippen LogP contribution in [0.1, 0.15) is 48.0 Å². The molecule has 1 saturated heterocycles. The molecule has 1 N–H and O–H groups in total. The fourth-order valence-corrected chi connectivity index (χ4v) is 3.22. The van der Waals surface area contributed by atoms with Crippen LogP contribution in [0.3, 0.4) is 0 Å². The van der Waals surface area contributed by atoms with Gasteiger partial charge in [-0.05, 0) is 23.5 Å². The molecule has 2 unspecified atom stereocenters. The maximum absolute atomic E-state index is 12.8. The van der Waals surface area contributed by atoms with E-state index < -0.39 is 6.04 Å². The summed E-state index contributed by atoms with van der Waals surface area (Å²) >= 11 is 1.81. The van der Waals surface area contributed by atoms with Crippen molar-refractivity contribution in [2.24, 2.45) is 11.3 Å². The van der Waals surface area contributed by atoms with Gasteiger partial charge in [0.2, 0.25) is 11.8 Å². The molecule has 0 aromatic carbocycles. The first-order valence-electron chi connectivity index (χ1n) is 7.87. The third-order valence-electron chi connectivity index (χ3n) is 3.74. The van der Waals surface area contributed by atoms with Crippen LogP contribution >= 0.6 is 11.8 Å². The van der Waals surface area contributed by atoms with Crippen LogP contribution < -0.4 is 5.32 Å². The highest BCUT2D eigenvalue weighted by atomic mass is 32.2. The van der Waals surface area contributed by atoms with Crippen molar-refractivity contribution >= 4 is 23.6 Å². The molecule has 0 aromatic heterocycles. The summed E-state index contributed by atoms with van der Waals surface area (Å²) < 4.78 is 0. The number of hydrogen-bond donors (Lipinski definition) is 1. The molecule has 0 saturated carbocycles. The molecule has 0 aromatic rings. The van der Waals surface area contributed by atoms with E-state index in [9.17, 15) is 9.59 Å². The lowest BCUT2D eigenvalue weighted by Gasteiger charge is -2.43. The summed E-state index contributed by atoms with van der Waals surface area (Å²) in [6, 6.07) is -0.728. The Kier molecular flexibility index (Phi) is 6.57. The first-order valence-corrected chi connectivity index (χ1v) is 9.02. The third-order valence-corrected chi connectivity index (χ3v) is 4.62. The lowest BCUT2D eigenvalue weighted by molar-refractivity contribution is -0.152. The van der Waals surface area contributed by atoms with Crippen LogP contribution in [0.4, 0.5) is 0 Å². The number of piperazine rings is 1. The fraction of sp³-hybridized carbons (Fsp3) is 0.875. The van der Waals surface area contributed by atoms with Gasteiger partial charge in [0.1, 0.15) is 12.1 Å². The molecule has 4 nitrogen and oxygen atoms in total. The average Bonchev–Trinajstić information content (AvgIpc) is 2.35. The Bertz CT molecular complexity index is 377. The minimum absolute atomic E-state index is 0.00437. The van der Waals surface area contributed by atoms with Gasteiger partial charge in [-0.25, -0.2) is 0 Å². The minimum atomic E-state index is -0.417. The van der Waals surface area contributed by atoms with E-state index in [2.05, 4.69) is 26.1 Å². The maximum Gasteiger partial charge on any atom is 0.246 e. The number of carbonyl (C=O) groups is 2. The third kappa shape index (κ3) is 4.90. The number of thioether (sulfide) groups is 1. The van der Waals surface area contributed by atoms with Gasteiger partial charge in [0, 0.05) is 12.3 Å². The van der Waals surface area contributed by atoms with Crippen molar-refractivity contribution in [3.63, 3.8) is 0 Å². The second-order valence-electron chi connectivity index (χ2n) is 7.18. The number of amides is 2. The molecule has 0 radical (unpaired) electrons. The molecule has 21 heavy (non-hydrogen) atoms. The lowest BCUT2D eigenvalue weighted by Crippen LogP contribution is -2.67. The first-order chi connectivity index (χ1) is 9.68. The van der Waals surface area contributed by atoms with Crippen molar-refractivity contribution in [3.05, 3.63) is 0 Å². The summed E-state index contributed by atoms with van der Waals surface area (Å²) in [5, 5.41) is 2.94. The summed E-state index contributed by atoms with van der Waals surface area (Å²) in [7, 11) is 0. The Morgan fingerprint density at radius 3 is 2.38 bits per heavy atom. The SMILES string of the molecule is CCSCCN1C(=O)C(C(C)(C)C)NC(=O)C1CC(C)C. The highest BCUT2D eigenvalue weighted by Crippen LogP contribution is 2.27. The topological polar surface area (TPSA) is 49.4 Å². The summed E-state index contributed by atoms with van der Waals surface area (Å²) in [4.78, 5) is 27.1. The van der Waals surface area contributed by atoms with Crippen LogP contribution in [0.15, 0.2) is 0 Å². The van der Waals surface area contributed by atoms with Gasteiger partial charge in [-0.15, -0.1) is 0 Å². The minimum Gasteiger partial charge on any atom is -0.342 e. The van der Waals surface area contributed by atoms with E-state index in [0.29, 0.717) is 12.5 Å². The fourth-order valence-electron chi connectivity index (χ4n) is 2.60. The molecule has 122 valence electrons. The Hall–Kier alpha value is -0.710. The Morgan fingerprint density at radius 1 is 1.29 bits per heavy atom. The summed E-state index contributed by atoms with van der Waals surface area (Å²) in [6.45, 7) is 12.9. The molecule has 1 aliphatic heterocycles. The smallest absolute Gasteiger partial charge is 0.246 e. The Labute approximate surface area is 133 Å². The van der Waals surface area contributed by atoms with Crippen LogP contribution in [-0.4, -0.2) is 46.8 Å². The van der Waals surface area contributed by atoms with Crippen molar-refractivity contribution in [2.45, 2.75) is 60.0 Å². The van der Waals surface area contributed by atoms with Gasteiger partial charge in [0.05, 0.1) is 0 Å². The van der Waals surface area contributed by atoms with Gasteiger partial charge in [-0.1, -0.05) is 41.5 Å². The van der Waals surface area contributed by atoms with Crippen molar-refractivity contribution in [1.82, 2.24) is 10.2 Å². The average molecular weight is 314 g/mol. The number of nitrogens with zero attached hydrogens (tertiary/aromatic N) is 1. The van der Waals surface area contributed by atoms with Gasteiger partial charge in [-0.3, -0.25) is 9.59 Å². The van der Waals surface area contributed by atoms with Crippen LogP contribution in [0, 0.1) is 11.3 Å². The van der Waals surface area contributed by atoms with Crippen LogP contribution in [-0.2, 0) is 9.59 Å². The molecule has 1 fully saturated rings. The van der Waals surface area contributed by atoms with E-state index in [1.54, 1.807) is 0 Å². The second kappa shape index (κ2) is 7.52. The lowest BCUT2D eigenvalue weighted by atomic mass is 9.83. The number of rotatable bonds is 6. The van der Waals surface area contributed by atoms with E-state index in [1.807, 2.05) is 37.4 Å². The van der Waals surface area contributed by atoms with Crippen molar-refractivity contribution < 1.29 is 9.59 Å². The largest absolute Gasteiger partial charge is 0.342 e. The van der Waals surface area contributed by atoms with Gasteiger partial charge in [0.25, 0.3) is 0 Å².